The highest BCUT2D eigenvalue weighted by atomic mass is 35.5. The number of rotatable bonds is 5. The van der Waals surface area contributed by atoms with Crippen molar-refractivity contribution < 1.29 is 0 Å². The zero-order valence-electron chi connectivity index (χ0n) is 18.3. The average Bonchev–Trinajstić information content (AvgIpc) is 3.42. The Morgan fingerprint density at radius 2 is 1.79 bits per heavy atom. The molecule has 6 rings (SSSR count). The van der Waals surface area contributed by atoms with Crippen LogP contribution in [-0.4, -0.2) is 31.0 Å². The number of nitrogens with zero attached hydrogens (tertiary/aromatic N) is 5. The molecule has 5 nitrogen and oxygen atoms in total. The molecule has 0 spiro atoms. The van der Waals surface area contributed by atoms with Crippen molar-refractivity contribution in [1.82, 2.24) is 24.4 Å². The maximum absolute atomic E-state index is 6.05. The molecule has 0 aliphatic carbocycles. The third-order valence-electron chi connectivity index (χ3n) is 6.23. The van der Waals surface area contributed by atoms with E-state index in [0.29, 0.717) is 4.47 Å². The molecule has 0 bridgehead atoms. The van der Waals surface area contributed by atoms with E-state index in [2.05, 4.69) is 49.9 Å². The Hall–Kier alpha value is -2.77. The summed E-state index contributed by atoms with van der Waals surface area (Å²) in [6, 6.07) is 16.3. The summed E-state index contributed by atoms with van der Waals surface area (Å²) in [5, 5.41) is 2.01. The molecule has 0 radical (unpaired) electrons. The molecular formula is C26H21Cl2N5S. The molecule has 0 unspecified atom stereocenters. The zero-order valence-corrected chi connectivity index (χ0v) is 20.6. The molecule has 8 heteroatoms. The Balaban J connectivity index is 1.23. The van der Waals surface area contributed by atoms with Gasteiger partial charge in [0.15, 0.2) is 10.3 Å². The van der Waals surface area contributed by atoms with Crippen molar-refractivity contribution in [1.29, 1.82) is 0 Å². The van der Waals surface area contributed by atoms with Crippen molar-refractivity contribution in [3.8, 4) is 11.4 Å². The van der Waals surface area contributed by atoms with Crippen molar-refractivity contribution in [3.05, 3.63) is 98.3 Å². The van der Waals surface area contributed by atoms with Crippen LogP contribution in [0.5, 0.6) is 0 Å². The quantitative estimate of drug-likeness (QED) is 0.274. The maximum Gasteiger partial charge on any atom is 0.183 e. The van der Waals surface area contributed by atoms with Gasteiger partial charge in [0.25, 0.3) is 0 Å². The van der Waals surface area contributed by atoms with Gasteiger partial charge in [0.2, 0.25) is 0 Å². The molecule has 3 aromatic heterocycles. The summed E-state index contributed by atoms with van der Waals surface area (Å²) < 4.78 is 2.88. The first-order valence-electron chi connectivity index (χ1n) is 11.1. The van der Waals surface area contributed by atoms with Crippen LogP contribution in [0.15, 0.2) is 67.1 Å². The lowest BCUT2D eigenvalue weighted by Crippen LogP contribution is -2.30. The standard InChI is InChI=1S/C26H21Cl2N5S/c27-20-7-5-17(6-8-20)25-29-11-18-13-32(10-9-23(18)31-25)14-19-15-33(16-21-12-30-26(28)34-21)24-4-2-1-3-22(19)24/h1-8,11-12,15H,9-10,13-14,16H2. The van der Waals surface area contributed by atoms with Crippen molar-refractivity contribution in [2.45, 2.75) is 26.1 Å². The molecule has 0 amide bonds. The molecule has 1 aliphatic heterocycles. The molecule has 34 heavy (non-hydrogen) atoms. The van der Waals surface area contributed by atoms with Crippen LogP contribution in [0, 0.1) is 0 Å². The Bertz CT molecular complexity index is 1470. The van der Waals surface area contributed by atoms with E-state index in [1.165, 1.54) is 33.4 Å². The lowest BCUT2D eigenvalue weighted by atomic mass is 10.1. The van der Waals surface area contributed by atoms with Gasteiger partial charge in [-0.05, 0) is 35.9 Å². The minimum Gasteiger partial charge on any atom is -0.342 e. The molecular weight excluding hydrogens is 485 g/mol. The summed E-state index contributed by atoms with van der Waals surface area (Å²) in [4.78, 5) is 17.3. The average molecular weight is 506 g/mol. The third-order valence-corrected chi connectivity index (χ3v) is 7.58. The number of para-hydroxylation sites is 1. The highest BCUT2D eigenvalue weighted by Gasteiger charge is 2.21. The molecule has 0 fully saturated rings. The van der Waals surface area contributed by atoms with Gasteiger partial charge in [-0.3, -0.25) is 4.90 Å². The van der Waals surface area contributed by atoms with Gasteiger partial charge in [-0.2, -0.15) is 0 Å². The monoisotopic (exact) mass is 505 g/mol. The Morgan fingerprint density at radius 3 is 2.62 bits per heavy atom. The summed E-state index contributed by atoms with van der Waals surface area (Å²) in [7, 11) is 0. The summed E-state index contributed by atoms with van der Waals surface area (Å²) in [6.07, 6.45) is 7.03. The van der Waals surface area contributed by atoms with Gasteiger partial charge >= 0.3 is 0 Å². The lowest BCUT2D eigenvalue weighted by molar-refractivity contribution is 0.243. The van der Waals surface area contributed by atoms with Gasteiger partial charge in [0.1, 0.15) is 0 Å². The molecule has 170 valence electrons. The van der Waals surface area contributed by atoms with E-state index >= 15 is 0 Å². The van der Waals surface area contributed by atoms with Crippen LogP contribution in [-0.2, 0) is 26.1 Å². The summed E-state index contributed by atoms with van der Waals surface area (Å²) >= 11 is 13.6. The molecule has 0 saturated carbocycles. The number of thiazole rings is 1. The van der Waals surface area contributed by atoms with Crippen LogP contribution < -0.4 is 0 Å². The second-order valence-electron chi connectivity index (χ2n) is 8.51. The fourth-order valence-electron chi connectivity index (χ4n) is 4.59. The second kappa shape index (κ2) is 9.12. The number of benzene rings is 2. The predicted molar refractivity (Wildman–Crippen MR) is 138 cm³/mol. The fraction of sp³-hybridized carbons (Fsp3) is 0.192. The van der Waals surface area contributed by atoms with Gasteiger partial charge in [-0.25, -0.2) is 15.0 Å². The highest BCUT2D eigenvalue weighted by molar-refractivity contribution is 7.15. The molecule has 5 aromatic rings. The normalized spacial score (nSPS) is 13.9. The molecule has 0 saturated heterocycles. The molecule has 0 N–H and O–H groups in total. The van der Waals surface area contributed by atoms with E-state index in [4.69, 9.17) is 28.2 Å². The number of aromatic nitrogens is 4. The van der Waals surface area contributed by atoms with Crippen LogP contribution in [0.3, 0.4) is 0 Å². The first-order chi connectivity index (χ1) is 16.6. The van der Waals surface area contributed by atoms with Crippen LogP contribution in [0.2, 0.25) is 9.49 Å². The van der Waals surface area contributed by atoms with E-state index in [9.17, 15) is 0 Å². The predicted octanol–water partition coefficient (Wildman–Crippen LogP) is 6.47. The van der Waals surface area contributed by atoms with Gasteiger partial charge in [0.05, 0.1) is 12.2 Å². The van der Waals surface area contributed by atoms with E-state index in [0.717, 1.165) is 59.6 Å². The Kier molecular flexibility index (Phi) is 5.83. The first kappa shape index (κ1) is 21.7. The van der Waals surface area contributed by atoms with E-state index < -0.39 is 0 Å². The number of hydrogen-bond donors (Lipinski definition) is 0. The first-order valence-corrected chi connectivity index (χ1v) is 12.7. The van der Waals surface area contributed by atoms with Crippen LogP contribution in [0.1, 0.15) is 21.7 Å². The van der Waals surface area contributed by atoms with Crippen molar-refractivity contribution in [2.75, 3.05) is 6.54 Å². The van der Waals surface area contributed by atoms with E-state index in [-0.39, 0.29) is 0 Å². The number of hydrogen-bond acceptors (Lipinski definition) is 5. The second-order valence-corrected chi connectivity index (χ2v) is 10.6. The van der Waals surface area contributed by atoms with Gasteiger partial charge < -0.3 is 4.57 Å². The molecule has 1 aliphatic rings. The smallest absolute Gasteiger partial charge is 0.183 e. The minimum absolute atomic E-state index is 0.583. The number of fused-ring (bicyclic) bond motifs is 2. The Morgan fingerprint density at radius 1 is 0.941 bits per heavy atom. The summed E-state index contributed by atoms with van der Waals surface area (Å²) in [5.74, 6) is 0.759. The summed E-state index contributed by atoms with van der Waals surface area (Å²) in [6.45, 7) is 3.47. The zero-order chi connectivity index (χ0) is 23.1. The van der Waals surface area contributed by atoms with Crippen LogP contribution >= 0.6 is 34.5 Å². The van der Waals surface area contributed by atoms with E-state index in [1.54, 1.807) is 0 Å². The van der Waals surface area contributed by atoms with Gasteiger partial charge in [-0.15, -0.1) is 11.3 Å². The largest absolute Gasteiger partial charge is 0.342 e. The molecule has 4 heterocycles. The van der Waals surface area contributed by atoms with Gasteiger partial charge in [-0.1, -0.05) is 41.4 Å². The summed E-state index contributed by atoms with van der Waals surface area (Å²) in [5.41, 5.74) is 5.89. The Labute approximate surface area is 211 Å². The third kappa shape index (κ3) is 4.34. The van der Waals surface area contributed by atoms with Gasteiger partial charge in [0, 0.05) is 76.6 Å². The lowest BCUT2D eigenvalue weighted by Gasteiger charge is -2.28. The van der Waals surface area contributed by atoms with Crippen molar-refractivity contribution in [3.63, 3.8) is 0 Å². The molecule has 2 aromatic carbocycles. The number of halogens is 2. The van der Waals surface area contributed by atoms with Crippen LogP contribution in [0.25, 0.3) is 22.3 Å². The highest BCUT2D eigenvalue weighted by Crippen LogP contribution is 2.28. The van der Waals surface area contributed by atoms with E-state index in [1.807, 2.05) is 36.7 Å². The fourth-order valence-corrected chi connectivity index (χ4v) is 5.70. The maximum atomic E-state index is 6.05. The molecule has 0 atom stereocenters. The minimum atomic E-state index is 0.583. The van der Waals surface area contributed by atoms with Crippen molar-refractivity contribution in [2.24, 2.45) is 0 Å². The topological polar surface area (TPSA) is 46.8 Å². The van der Waals surface area contributed by atoms with Crippen molar-refractivity contribution >= 4 is 45.4 Å². The van der Waals surface area contributed by atoms with Crippen LogP contribution in [0.4, 0.5) is 0 Å². The SMILES string of the molecule is Clc1ccc(-c2ncc3c(n2)CCN(Cc2cn(Cc4cnc(Cl)s4)c4ccccc24)C3)cc1.